The Hall–Kier alpha value is -2.73. The number of hydrogen-bond acceptors (Lipinski definition) is 3. The standard InChI is InChI=1S/C24H26O3/c1-23(2)12-13-24(3,4)20-14-16(9-11-19(20)23)6-7-17-8-10-18(21(25)15-17)22(26)27-5/h8-11,14-15,25H,12-13H2,1-5H3. The van der Waals surface area contributed by atoms with E-state index < -0.39 is 5.97 Å². The van der Waals surface area contributed by atoms with Gasteiger partial charge >= 0.3 is 5.97 Å². The molecule has 0 atom stereocenters. The summed E-state index contributed by atoms with van der Waals surface area (Å²) in [6, 6.07) is 11.2. The fourth-order valence-corrected chi connectivity index (χ4v) is 3.70. The molecule has 1 aliphatic rings. The normalized spacial score (nSPS) is 16.6. The first-order chi connectivity index (χ1) is 12.6. The van der Waals surface area contributed by atoms with Crippen LogP contribution in [-0.2, 0) is 15.6 Å². The molecule has 0 saturated heterocycles. The quantitative estimate of drug-likeness (QED) is 0.578. The summed E-state index contributed by atoms with van der Waals surface area (Å²) in [7, 11) is 1.29. The minimum atomic E-state index is -0.563. The second kappa shape index (κ2) is 6.78. The molecular weight excluding hydrogens is 336 g/mol. The van der Waals surface area contributed by atoms with Crippen molar-refractivity contribution < 1.29 is 14.6 Å². The zero-order valence-electron chi connectivity index (χ0n) is 16.6. The van der Waals surface area contributed by atoms with Crippen LogP contribution in [0.4, 0.5) is 0 Å². The fraction of sp³-hybridized carbons (Fsp3) is 0.375. The SMILES string of the molecule is COC(=O)c1ccc(C#Cc2ccc3c(c2)C(C)(C)CCC3(C)C)cc1O. The summed E-state index contributed by atoms with van der Waals surface area (Å²) in [6.45, 7) is 9.19. The van der Waals surface area contributed by atoms with Gasteiger partial charge in [0.15, 0.2) is 0 Å². The highest BCUT2D eigenvalue weighted by Crippen LogP contribution is 2.45. The number of phenols is 1. The van der Waals surface area contributed by atoms with Gasteiger partial charge in [-0.15, -0.1) is 0 Å². The minimum Gasteiger partial charge on any atom is -0.507 e. The molecule has 3 nitrogen and oxygen atoms in total. The number of benzene rings is 2. The highest BCUT2D eigenvalue weighted by molar-refractivity contribution is 5.92. The van der Waals surface area contributed by atoms with E-state index in [0.29, 0.717) is 5.56 Å². The molecule has 27 heavy (non-hydrogen) atoms. The summed E-state index contributed by atoms with van der Waals surface area (Å²) < 4.78 is 4.64. The largest absolute Gasteiger partial charge is 0.507 e. The number of phenolic OH excluding ortho intramolecular Hbond substituents is 1. The zero-order valence-corrected chi connectivity index (χ0v) is 16.6. The molecular formula is C24H26O3. The van der Waals surface area contributed by atoms with Gasteiger partial charge in [0, 0.05) is 11.1 Å². The van der Waals surface area contributed by atoms with Gasteiger partial charge in [-0.2, -0.15) is 0 Å². The first-order valence-electron chi connectivity index (χ1n) is 9.22. The average molecular weight is 362 g/mol. The molecule has 0 aromatic heterocycles. The van der Waals surface area contributed by atoms with Crippen LogP contribution in [0, 0.1) is 11.8 Å². The predicted molar refractivity (Wildman–Crippen MR) is 107 cm³/mol. The van der Waals surface area contributed by atoms with Gasteiger partial charge in [0.05, 0.1) is 7.11 Å². The highest BCUT2D eigenvalue weighted by Gasteiger charge is 2.36. The summed E-state index contributed by atoms with van der Waals surface area (Å²) in [6.07, 6.45) is 2.34. The van der Waals surface area contributed by atoms with Gasteiger partial charge in [-0.1, -0.05) is 45.6 Å². The van der Waals surface area contributed by atoms with Crippen LogP contribution in [0.2, 0.25) is 0 Å². The number of aromatic hydroxyl groups is 1. The van der Waals surface area contributed by atoms with E-state index in [4.69, 9.17) is 0 Å². The number of fused-ring (bicyclic) bond motifs is 1. The minimum absolute atomic E-state index is 0.123. The van der Waals surface area contributed by atoms with E-state index in [1.807, 2.05) is 0 Å². The molecule has 3 heteroatoms. The Bertz CT molecular complexity index is 955. The first-order valence-corrected chi connectivity index (χ1v) is 9.22. The second-order valence-corrected chi connectivity index (χ2v) is 8.50. The molecule has 0 saturated carbocycles. The molecule has 0 aliphatic heterocycles. The summed E-state index contributed by atoms with van der Waals surface area (Å²) in [5.74, 6) is 5.58. The Kier molecular flexibility index (Phi) is 4.78. The van der Waals surface area contributed by atoms with Crippen molar-refractivity contribution in [2.24, 2.45) is 0 Å². The van der Waals surface area contributed by atoms with Gasteiger partial charge in [0.25, 0.3) is 0 Å². The molecule has 140 valence electrons. The van der Waals surface area contributed by atoms with Crippen LogP contribution >= 0.6 is 0 Å². The average Bonchev–Trinajstić information content (AvgIpc) is 2.63. The molecule has 3 rings (SSSR count). The zero-order chi connectivity index (χ0) is 19.8. The van der Waals surface area contributed by atoms with Gasteiger partial charge in [-0.05, 0) is 65.1 Å². The number of methoxy groups -OCH3 is 1. The van der Waals surface area contributed by atoms with Crippen molar-refractivity contribution in [2.45, 2.75) is 51.4 Å². The van der Waals surface area contributed by atoms with Crippen molar-refractivity contribution in [1.82, 2.24) is 0 Å². The third-order valence-electron chi connectivity index (χ3n) is 5.61. The molecule has 1 N–H and O–H groups in total. The Morgan fingerprint density at radius 1 is 0.926 bits per heavy atom. The highest BCUT2D eigenvalue weighted by atomic mass is 16.5. The summed E-state index contributed by atoms with van der Waals surface area (Å²) in [5, 5.41) is 10.0. The summed E-state index contributed by atoms with van der Waals surface area (Å²) in [5.41, 5.74) is 4.85. The number of ether oxygens (including phenoxy) is 1. The molecule has 1 aliphatic carbocycles. The summed E-state index contributed by atoms with van der Waals surface area (Å²) >= 11 is 0. The fourth-order valence-electron chi connectivity index (χ4n) is 3.70. The molecule has 0 fully saturated rings. The Morgan fingerprint density at radius 2 is 1.48 bits per heavy atom. The lowest BCUT2D eigenvalue weighted by Gasteiger charge is -2.41. The first kappa shape index (κ1) is 19.0. The molecule has 0 radical (unpaired) electrons. The van der Waals surface area contributed by atoms with Crippen LogP contribution in [0.15, 0.2) is 36.4 Å². The predicted octanol–water partition coefficient (Wildman–Crippen LogP) is 4.93. The van der Waals surface area contributed by atoms with Crippen molar-refractivity contribution in [3.05, 3.63) is 64.2 Å². The van der Waals surface area contributed by atoms with Gasteiger partial charge in [0.2, 0.25) is 0 Å². The van der Waals surface area contributed by atoms with E-state index in [1.54, 1.807) is 6.07 Å². The van der Waals surface area contributed by atoms with Crippen LogP contribution in [0.25, 0.3) is 0 Å². The Balaban J connectivity index is 1.95. The second-order valence-electron chi connectivity index (χ2n) is 8.50. The van der Waals surface area contributed by atoms with Crippen molar-refractivity contribution in [2.75, 3.05) is 7.11 Å². The monoisotopic (exact) mass is 362 g/mol. The number of rotatable bonds is 1. The Labute approximate surface area is 161 Å². The summed E-state index contributed by atoms with van der Waals surface area (Å²) in [4.78, 5) is 11.6. The molecule has 0 unspecified atom stereocenters. The number of hydrogen-bond donors (Lipinski definition) is 1. The van der Waals surface area contributed by atoms with Crippen LogP contribution in [0.3, 0.4) is 0 Å². The topological polar surface area (TPSA) is 46.5 Å². The van der Waals surface area contributed by atoms with Crippen molar-refractivity contribution >= 4 is 5.97 Å². The van der Waals surface area contributed by atoms with Gasteiger partial charge < -0.3 is 9.84 Å². The smallest absolute Gasteiger partial charge is 0.341 e. The third kappa shape index (κ3) is 3.71. The van der Waals surface area contributed by atoms with E-state index in [2.05, 4.69) is 62.5 Å². The maximum absolute atomic E-state index is 11.6. The molecule has 2 aromatic rings. The molecule has 0 spiro atoms. The van der Waals surface area contributed by atoms with Crippen molar-refractivity contribution in [3.63, 3.8) is 0 Å². The van der Waals surface area contributed by atoms with E-state index in [-0.39, 0.29) is 22.1 Å². The lowest BCUT2D eigenvalue weighted by molar-refractivity contribution is 0.0597. The van der Waals surface area contributed by atoms with Gasteiger partial charge in [-0.3, -0.25) is 0 Å². The van der Waals surface area contributed by atoms with Crippen LogP contribution in [-0.4, -0.2) is 18.2 Å². The lowest BCUT2D eigenvalue weighted by atomic mass is 9.63. The maximum Gasteiger partial charge on any atom is 0.341 e. The van der Waals surface area contributed by atoms with Crippen LogP contribution in [0.1, 0.15) is 73.1 Å². The van der Waals surface area contributed by atoms with E-state index in [9.17, 15) is 9.90 Å². The van der Waals surface area contributed by atoms with Gasteiger partial charge in [0.1, 0.15) is 11.3 Å². The van der Waals surface area contributed by atoms with Crippen molar-refractivity contribution in [3.8, 4) is 17.6 Å². The molecule has 0 heterocycles. The molecule has 0 bridgehead atoms. The van der Waals surface area contributed by atoms with Crippen molar-refractivity contribution in [1.29, 1.82) is 0 Å². The van der Waals surface area contributed by atoms with E-state index in [0.717, 1.165) is 12.0 Å². The number of carbonyl (C=O) groups excluding carboxylic acids is 1. The van der Waals surface area contributed by atoms with Gasteiger partial charge in [-0.25, -0.2) is 4.79 Å². The molecule has 0 amide bonds. The van der Waals surface area contributed by atoms with Crippen LogP contribution < -0.4 is 0 Å². The van der Waals surface area contributed by atoms with Crippen LogP contribution in [0.5, 0.6) is 5.75 Å². The third-order valence-corrected chi connectivity index (χ3v) is 5.61. The molecule has 2 aromatic carbocycles. The number of carbonyl (C=O) groups is 1. The number of esters is 1. The maximum atomic E-state index is 11.6. The van der Waals surface area contributed by atoms with E-state index >= 15 is 0 Å². The van der Waals surface area contributed by atoms with E-state index in [1.165, 1.54) is 36.8 Å². The Morgan fingerprint density at radius 3 is 2.07 bits per heavy atom. The lowest BCUT2D eigenvalue weighted by Crippen LogP contribution is -2.33.